The number of piperidine rings is 1. The smallest absolute Gasteiger partial charge is 0.230 e. The first-order valence-electron chi connectivity index (χ1n) is 11.8. The van der Waals surface area contributed by atoms with Gasteiger partial charge in [0, 0.05) is 42.4 Å². The van der Waals surface area contributed by atoms with Crippen molar-refractivity contribution in [1.29, 1.82) is 0 Å². The van der Waals surface area contributed by atoms with Gasteiger partial charge in [-0.15, -0.1) is 0 Å². The van der Waals surface area contributed by atoms with Crippen LogP contribution in [-0.2, 0) is 16.6 Å². The van der Waals surface area contributed by atoms with Crippen molar-refractivity contribution in [2.45, 2.75) is 18.3 Å². The van der Waals surface area contributed by atoms with Crippen LogP contribution in [0.5, 0.6) is 0 Å². The van der Waals surface area contributed by atoms with Gasteiger partial charge >= 0.3 is 0 Å². The van der Waals surface area contributed by atoms with Crippen molar-refractivity contribution in [3.63, 3.8) is 0 Å². The molecule has 2 aliphatic heterocycles. The molecule has 4 aromatic rings. The molecule has 5 heterocycles. The Morgan fingerprint density at radius 3 is 2.94 bits per heavy atom. The zero-order valence-electron chi connectivity index (χ0n) is 18.8. The zero-order chi connectivity index (χ0) is 23.7. The van der Waals surface area contributed by atoms with Gasteiger partial charge in [-0.05, 0) is 36.0 Å². The minimum atomic E-state index is -0.310. The Bertz CT molecular complexity index is 1500. The number of carbonyl (C=O) groups is 1. The van der Waals surface area contributed by atoms with Crippen molar-refractivity contribution in [1.82, 2.24) is 25.1 Å². The highest BCUT2D eigenvalue weighted by Crippen LogP contribution is 2.63. The minimum absolute atomic E-state index is 0.0611. The average Bonchev–Trinajstić information content (AvgIpc) is 3.12. The number of benzene rings is 1. The van der Waals surface area contributed by atoms with E-state index in [9.17, 15) is 9.18 Å². The summed E-state index contributed by atoms with van der Waals surface area (Å²) in [4.78, 5) is 27.7. The number of hydrogen-bond acceptors (Lipinski definition) is 7. The molecule has 0 bridgehead atoms. The van der Waals surface area contributed by atoms with Crippen LogP contribution >= 0.6 is 0 Å². The van der Waals surface area contributed by atoms with E-state index in [1.807, 2.05) is 18.2 Å². The second-order valence-electron chi connectivity index (χ2n) is 9.63. The standard InChI is InChI=1S/C25H23FN8O/c26-18-4-2-1-3-16(18)25(12-27)15-5-6-34(11-17(15)25)19-10-28-22-21(32-33-24(22)30-19)14-7-13-8-20(35)31-23(13)29-9-14/h1-4,7,9-10,15,17H,5-6,8,11-12,27H2,(H,29,31,35)(H,30,32,33)/t15-,17+,25-/m1/s1. The average molecular weight is 471 g/mol. The van der Waals surface area contributed by atoms with E-state index in [2.05, 4.69) is 30.4 Å². The summed E-state index contributed by atoms with van der Waals surface area (Å²) in [6.07, 6.45) is 4.69. The maximum atomic E-state index is 14.7. The number of pyridine rings is 1. The first kappa shape index (κ1) is 20.5. The van der Waals surface area contributed by atoms with Crippen molar-refractivity contribution in [3.05, 3.63) is 59.7 Å². The van der Waals surface area contributed by atoms with Crippen molar-refractivity contribution in [3.8, 4) is 11.3 Å². The normalized spacial score (nSPS) is 24.9. The molecule has 7 rings (SSSR count). The molecular formula is C25H23FN8O. The molecule has 3 atom stereocenters. The van der Waals surface area contributed by atoms with Gasteiger partial charge in [-0.3, -0.25) is 9.89 Å². The monoisotopic (exact) mass is 470 g/mol. The van der Waals surface area contributed by atoms with Gasteiger partial charge in [0.2, 0.25) is 5.91 Å². The number of anilines is 2. The maximum Gasteiger partial charge on any atom is 0.230 e. The molecule has 4 N–H and O–H groups in total. The molecule has 3 aromatic heterocycles. The zero-order valence-corrected chi connectivity index (χ0v) is 18.8. The van der Waals surface area contributed by atoms with Gasteiger partial charge in [-0.1, -0.05) is 18.2 Å². The number of nitrogens with zero attached hydrogens (tertiary/aromatic N) is 5. The summed E-state index contributed by atoms with van der Waals surface area (Å²) in [7, 11) is 0. The molecular weight excluding hydrogens is 447 g/mol. The summed E-state index contributed by atoms with van der Waals surface area (Å²) in [5, 5.41) is 10.2. The third-order valence-electron chi connectivity index (χ3n) is 7.97. The predicted octanol–water partition coefficient (Wildman–Crippen LogP) is 2.40. The van der Waals surface area contributed by atoms with E-state index in [4.69, 9.17) is 10.7 Å². The Morgan fingerprint density at radius 2 is 2.09 bits per heavy atom. The van der Waals surface area contributed by atoms with Gasteiger partial charge in [-0.2, -0.15) is 5.10 Å². The van der Waals surface area contributed by atoms with Gasteiger partial charge < -0.3 is 16.0 Å². The number of nitrogens with two attached hydrogens (primary N) is 1. The summed E-state index contributed by atoms with van der Waals surface area (Å²) in [6, 6.07) is 8.92. The van der Waals surface area contributed by atoms with Crippen molar-refractivity contribution in [2.75, 3.05) is 29.9 Å². The number of aromatic amines is 1. The summed E-state index contributed by atoms with van der Waals surface area (Å²) in [6.45, 7) is 2.00. The number of hydrogen-bond donors (Lipinski definition) is 3. The number of halogens is 1. The molecule has 2 fully saturated rings. The first-order chi connectivity index (χ1) is 17.1. The lowest BCUT2D eigenvalue weighted by Crippen LogP contribution is -2.32. The molecule has 0 unspecified atom stereocenters. The van der Waals surface area contributed by atoms with E-state index in [-0.39, 0.29) is 23.1 Å². The molecule has 9 nitrogen and oxygen atoms in total. The van der Waals surface area contributed by atoms with Crippen molar-refractivity contribution < 1.29 is 9.18 Å². The molecule has 0 spiro atoms. The lowest BCUT2D eigenvalue weighted by molar-refractivity contribution is -0.115. The van der Waals surface area contributed by atoms with Gasteiger partial charge in [0.15, 0.2) is 5.65 Å². The number of carbonyl (C=O) groups excluding carboxylic acids is 1. The number of amides is 1. The Balaban J connectivity index is 1.17. The highest BCUT2D eigenvalue weighted by Gasteiger charge is 2.66. The molecule has 1 aliphatic carbocycles. The van der Waals surface area contributed by atoms with E-state index in [1.165, 1.54) is 6.07 Å². The lowest BCUT2D eigenvalue weighted by atomic mass is 9.91. The Labute approximate surface area is 200 Å². The van der Waals surface area contributed by atoms with Crippen LogP contribution in [0.3, 0.4) is 0 Å². The number of rotatable bonds is 4. The highest BCUT2D eigenvalue weighted by atomic mass is 19.1. The Kier molecular flexibility index (Phi) is 4.26. The quantitative estimate of drug-likeness (QED) is 0.418. The second kappa shape index (κ2) is 7.29. The van der Waals surface area contributed by atoms with Gasteiger partial charge in [-0.25, -0.2) is 19.3 Å². The van der Waals surface area contributed by atoms with Crippen LogP contribution in [0.1, 0.15) is 17.5 Å². The van der Waals surface area contributed by atoms with Crippen LogP contribution in [0.25, 0.3) is 22.4 Å². The van der Waals surface area contributed by atoms with E-state index in [0.29, 0.717) is 41.6 Å². The van der Waals surface area contributed by atoms with Crippen LogP contribution in [0.4, 0.5) is 16.0 Å². The van der Waals surface area contributed by atoms with E-state index >= 15 is 0 Å². The number of fused-ring (bicyclic) bond motifs is 3. The molecule has 1 saturated heterocycles. The Morgan fingerprint density at radius 1 is 1.20 bits per heavy atom. The molecule has 0 radical (unpaired) electrons. The maximum absolute atomic E-state index is 14.7. The van der Waals surface area contributed by atoms with Gasteiger partial charge in [0.05, 0.1) is 12.6 Å². The fourth-order valence-electron chi connectivity index (χ4n) is 6.22. The third-order valence-corrected chi connectivity index (χ3v) is 7.97. The van der Waals surface area contributed by atoms with Crippen LogP contribution in [-0.4, -0.2) is 50.7 Å². The molecule has 176 valence electrons. The van der Waals surface area contributed by atoms with Crippen LogP contribution in [0, 0.1) is 17.7 Å². The van der Waals surface area contributed by atoms with Crippen molar-refractivity contribution in [2.24, 2.45) is 17.6 Å². The summed E-state index contributed by atoms with van der Waals surface area (Å²) < 4.78 is 14.7. The van der Waals surface area contributed by atoms with Crippen molar-refractivity contribution >= 4 is 28.7 Å². The van der Waals surface area contributed by atoms with E-state index < -0.39 is 0 Å². The summed E-state index contributed by atoms with van der Waals surface area (Å²) >= 11 is 0. The van der Waals surface area contributed by atoms with E-state index in [0.717, 1.165) is 42.0 Å². The molecule has 10 heteroatoms. The molecule has 1 aromatic carbocycles. The second-order valence-corrected chi connectivity index (χ2v) is 9.63. The fraction of sp³-hybridized carbons (Fsp3) is 0.320. The van der Waals surface area contributed by atoms with Crippen LogP contribution in [0.2, 0.25) is 0 Å². The third kappa shape index (κ3) is 2.92. The number of nitrogens with one attached hydrogen (secondary N) is 2. The largest absolute Gasteiger partial charge is 0.355 e. The summed E-state index contributed by atoms with van der Waals surface area (Å²) in [5.74, 6) is 1.78. The fourth-order valence-corrected chi connectivity index (χ4v) is 6.22. The molecule has 1 amide bonds. The first-order valence-corrected chi connectivity index (χ1v) is 11.8. The molecule has 35 heavy (non-hydrogen) atoms. The highest BCUT2D eigenvalue weighted by molar-refractivity contribution is 5.98. The number of H-pyrrole nitrogens is 1. The Hall–Kier alpha value is -3.92. The van der Waals surface area contributed by atoms with Crippen LogP contribution in [0.15, 0.2) is 42.7 Å². The SMILES string of the molecule is NC[C@]1(c2ccccc2F)[C@@H]2CCN(c3cnc4c(-c5cnc6c(c5)CC(=O)N6)n[nH]c4n3)C[C@@H]21. The predicted molar refractivity (Wildman–Crippen MR) is 128 cm³/mol. The lowest BCUT2D eigenvalue weighted by Gasteiger charge is -2.26. The topological polar surface area (TPSA) is 126 Å². The van der Waals surface area contributed by atoms with Crippen LogP contribution < -0.4 is 16.0 Å². The molecule has 1 saturated carbocycles. The minimum Gasteiger partial charge on any atom is -0.355 e. The number of aromatic nitrogens is 5. The van der Waals surface area contributed by atoms with Gasteiger partial charge in [0.25, 0.3) is 0 Å². The van der Waals surface area contributed by atoms with E-state index in [1.54, 1.807) is 18.5 Å². The molecule has 3 aliphatic rings. The van der Waals surface area contributed by atoms with Gasteiger partial charge in [0.1, 0.15) is 28.7 Å². The summed E-state index contributed by atoms with van der Waals surface area (Å²) in [5.41, 5.74) is 10.2.